The van der Waals surface area contributed by atoms with Gasteiger partial charge in [-0.15, -0.1) is 15.3 Å². The highest BCUT2D eigenvalue weighted by molar-refractivity contribution is 5.78. The Bertz CT molecular complexity index is 761. The number of fused-ring (bicyclic) bond motifs is 1. The van der Waals surface area contributed by atoms with Crippen LogP contribution in [0.1, 0.15) is 25.6 Å². The second-order valence-corrected chi connectivity index (χ2v) is 7.17. The van der Waals surface area contributed by atoms with Crippen LogP contribution in [-0.4, -0.2) is 69.4 Å². The molecule has 1 saturated carbocycles. The number of amides is 1. The number of carbonyl (C=O) groups excluding carboxylic acids is 1. The molecule has 0 radical (unpaired) electrons. The van der Waals surface area contributed by atoms with E-state index in [9.17, 15) is 4.79 Å². The van der Waals surface area contributed by atoms with E-state index >= 15 is 0 Å². The van der Waals surface area contributed by atoms with E-state index in [4.69, 9.17) is 0 Å². The molecule has 1 saturated heterocycles. The number of hydrogen-bond acceptors (Lipinski definition) is 6. The zero-order valence-corrected chi connectivity index (χ0v) is 14.9. The number of carbonyl (C=O) groups is 1. The van der Waals surface area contributed by atoms with Crippen LogP contribution in [0.15, 0.2) is 12.1 Å². The highest BCUT2D eigenvalue weighted by atomic mass is 16.2. The van der Waals surface area contributed by atoms with Crippen molar-refractivity contribution in [2.24, 2.45) is 5.92 Å². The van der Waals surface area contributed by atoms with Gasteiger partial charge < -0.3 is 10.2 Å². The lowest BCUT2D eigenvalue weighted by atomic mass is 10.2. The molecule has 3 heterocycles. The van der Waals surface area contributed by atoms with E-state index in [2.05, 4.69) is 37.3 Å². The zero-order chi connectivity index (χ0) is 17.4. The van der Waals surface area contributed by atoms with Crippen LogP contribution >= 0.6 is 0 Å². The number of piperazine rings is 1. The van der Waals surface area contributed by atoms with Gasteiger partial charge in [-0.2, -0.15) is 4.52 Å². The summed E-state index contributed by atoms with van der Waals surface area (Å²) in [5.74, 6) is 2.56. The Balaban J connectivity index is 1.31. The fourth-order valence-corrected chi connectivity index (χ4v) is 3.41. The highest BCUT2D eigenvalue weighted by Crippen LogP contribution is 2.32. The second-order valence-electron chi connectivity index (χ2n) is 7.17. The third-order valence-electron chi connectivity index (χ3n) is 5.19. The molecule has 1 N–H and O–H groups in total. The summed E-state index contributed by atoms with van der Waals surface area (Å²) in [6, 6.07) is 4.25. The number of nitrogens with zero attached hydrogens (tertiary/aromatic N) is 6. The molecular weight excluding hydrogens is 318 g/mol. The van der Waals surface area contributed by atoms with E-state index < -0.39 is 0 Å². The maximum absolute atomic E-state index is 12.2. The van der Waals surface area contributed by atoms with Gasteiger partial charge in [0.05, 0.1) is 6.54 Å². The average molecular weight is 343 g/mol. The molecule has 1 atom stereocenters. The number of hydrogen-bond donors (Lipinski definition) is 1. The van der Waals surface area contributed by atoms with Crippen molar-refractivity contribution in [2.45, 2.75) is 32.7 Å². The van der Waals surface area contributed by atoms with Crippen molar-refractivity contribution in [3.05, 3.63) is 18.0 Å². The molecule has 1 aliphatic heterocycles. The van der Waals surface area contributed by atoms with Crippen molar-refractivity contribution in [1.82, 2.24) is 30.0 Å². The van der Waals surface area contributed by atoms with Crippen LogP contribution in [0.3, 0.4) is 0 Å². The van der Waals surface area contributed by atoms with Gasteiger partial charge in [-0.3, -0.25) is 9.69 Å². The van der Waals surface area contributed by atoms with E-state index in [-0.39, 0.29) is 5.91 Å². The largest absolute Gasteiger partial charge is 0.353 e. The molecule has 0 bridgehead atoms. The lowest BCUT2D eigenvalue weighted by Gasteiger charge is -2.35. The van der Waals surface area contributed by atoms with Gasteiger partial charge in [0.15, 0.2) is 11.5 Å². The Morgan fingerprint density at radius 1 is 1.24 bits per heavy atom. The van der Waals surface area contributed by atoms with Crippen molar-refractivity contribution in [3.8, 4) is 0 Å². The Morgan fingerprint density at radius 3 is 2.72 bits per heavy atom. The summed E-state index contributed by atoms with van der Waals surface area (Å²) in [5.41, 5.74) is 0.765. The quantitative estimate of drug-likeness (QED) is 0.850. The summed E-state index contributed by atoms with van der Waals surface area (Å²) in [7, 11) is 0. The summed E-state index contributed by atoms with van der Waals surface area (Å²) in [6.45, 7) is 7.97. The summed E-state index contributed by atoms with van der Waals surface area (Å²) >= 11 is 0. The van der Waals surface area contributed by atoms with Crippen LogP contribution in [0.2, 0.25) is 0 Å². The van der Waals surface area contributed by atoms with Gasteiger partial charge in [0, 0.05) is 32.2 Å². The van der Waals surface area contributed by atoms with Gasteiger partial charge in [0.1, 0.15) is 5.82 Å². The lowest BCUT2D eigenvalue weighted by molar-refractivity contribution is -0.123. The van der Waals surface area contributed by atoms with E-state index in [0.29, 0.717) is 18.5 Å². The number of aromatic nitrogens is 4. The van der Waals surface area contributed by atoms with Crippen LogP contribution in [0.5, 0.6) is 0 Å². The van der Waals surface area contributed by atoms with Gasteiger partial charge in [-0.1, -0.05) is 0 Å². The van der Waals surface area contributed by atoms with E-state index in [0.717, 1.165) is 43.5 Å². The van der Waals surface area contributed by atoms with Gasteiger partial charge in [0.25, 0.3) is 0 Å². The Morgan fingerprint density at radius 2 is 2.00 bits per heavy atom. The molecule has 2 aromatic rings. The molecule has 134 valence electrons. The molecule has 0 spiro atoms. The van der Waals surface area contributed by atoms with Gasteiger partial charge in [-0.05, 0) is 44.7 Å². The molecule has 1 amide bonds. The highest BCUT2D eigenvalue weighted by Gasteiger charge is 2.29. The molecule has 4 rings (SSSR count). The normalized spacial score (nSPS) is 20.0. The monoisotopic (exact) mass is 343 g/mol. The van der Waals surface area contributed by atoms with Crippen LogP contribution in [0, 0.1) is 12.8 Å². The first kappa shape index (κ1) is 16.3. The predicted octanol–water partition coefficient (Wildman–Crippen LogP) is 0.469. The second kappa shape index (κ2) is 6.59. The topological polar surface area (TPSA) is 78.7 Å². The van der Waals surface area contributed by atoms with Crippen LogP contribution in [0.4, 0.5) is 5.82 Å². The summed E-state index contributed by atoms with van der Waals surface area (Å²) in [4.78, 5) is 16.6. The molecular formula is C17H25N7O. The molecule has 1 aliphatic carbocycles. The summed E-state index contributed by atoms with van der Waals surface area (Å²) in [5, 5.41) is 15.9. The molecule has 2 aromatic heterocycles. The Hall–Kier alpha value is -2.22. The third-order valence-corrected chi connectivity index (χ3v) is 5.19. The van der Waals surface area contributed by atoms with Gasteiger partial charge >= 0.3 is 0 Å². The zero-order valence-electron chi connectivity index (χ0n) is 14.9. The maximum Gasteiger partial charge on any atom is 0.234 e. The van der Waals surface area contributed by atoms with Crippen molar-refractivity contribution < 1.29 is 4.79 Å². The first-order valence-corrected chi connectivity index (χ1v) is 9.06. The van der Waals surface area contributed by atoms with Gasteiger partial charge in [0.2, 0.25) is 5.91 Å². The number of anilines is 1. The lowest BCUT2D eigenvalue weighted by Crippen LogP contribution is -2.50. The van der Waals surface area contributed by atoms with Crippen molar-refractivity contribution in [1.29, 1.82) is 0 Å². The SMILES string of the molecule is Cc1nnc2ccc(N3CCN(CC(=O)N[C@@H](C)C4CC4)CC3)nn12. The maximum atomic E-state index is 12.2. The number of rotatable bonds is 5. The third kappa shape index (κ3) is 3.58. The first-order valence-electron chi connectivity index (χ1n) is 9.06. The van der Waals surface area contributed by atoms with Crippen molar-refractivity contribution in [2.75, 3.05) is 37.6 Å². The van der Waals surface area contributed by atoms with Crippen LogP contribution < -0.4 is 10.2 Å². The number of nitrogens with one attached hydrogen (secondary N) is 1. The van der Waals surface area contributed by atoms with Crippen molar-refractivity contribution in [3.63, 3.8) is 0 Å². The smallest absolute Gasteiger partial charge is 0.234 e. The van der Waals surface area contributed by atoms with Crippen LogP contribution in [0.25, 0.3) is 5.65 Å². The standard InChI is InChI=1S/C17H25N7O/c1-12(14-3-4-14)18-17(25)11-22-7-9-23(10-8-22)16-6-5-15-20-19-13(2)24(15)21-16/h5-6,12,14H,3-4,7-11H2,1-2H3,(H,18,25)/t12-/m0/s1. The molecule has 0 aromatic carbocycles. The van der Waals surface area contributed by atoms with E-state index in [1.165, 1.54) is 12.8 Å². The minimum Gasteiger partial charge on any atom is -0.353 e. The fraction of sp³-hybridized carbons (Fsp3) is 0.647. The fourth-order valence-electron chi connectivity index (χ4n) is 3.41. The average Bonchev–Trinajstić information content (AvgIpc) is 3.40. The van der Waals surface area contributed by atoms with E-state index in [1.54, 1.807) is 4.52 Å². The predicted molar refractivity (Wildman–Crippen MR) is 94.5 cm³/mol. The molecule has 25 heavy (non-hydrogen) atoms. The Labute approximate surface area is 147 Å². The minimum atomic E-state index is 0.146. The van der Waals surface area contributed by atoms with Crippen LogP contribution in [-0.2, 0) is 4.79 Å². The number of aryl methyl sites for hydroxylation is 1. The first-order chi connectivity index (χ1) is 12.1. The van der Waals surface area contributed by atoms with Gasteiger partial charge in [-0.25, -0.2) is 0 Å². The molecule has 0 unspecified atom stereocenters. The van der Waals surface area contributed by atoms with Crippen molar-refractivity contribution >= 4 is 17.4 Å². The minimum absolute atomic E-state index is 0.146. The molecule has 8 nitrogen and oxygen atoms in total. The molecule has 2 fully saturated rings. The Kier molecular flexibility index (Phi) is 4.29. The summed E-state index contributed by atoms with van der Waals surface area (Å²) < 4.78 is 1.77. The molecule has 8 heteroatoms. The molecule has 2 aliphatic rings. The summed E-state index contributed by atoms with van der Waals surface area (Å²) in [6.07, 6.45) is 2.51. The van der Waals surface area contributed by atoms with E-state index in [1.807, 2.05) is 19.1 Å².